The van der Waals surface area contributed by atoms with Gasteiger partial charge in [-0.1, -0.05) is 12.8 Å². The maximum atomic E-state index is 11.0. The van der Waals surface area contributed by atoms with Crippen LogP contribution >= 0.6 is 0 Å². The minimum atomic E-state index is -0.265. The molecular weight excluding hydrogens is 454 g/mol. The van der Waals surface area contributed by atoms with Gasteiger partial charge in [-0.2, -0.15) is 9.97 Å². The molecule has 6 rings (SSSR count). The summed E-state index contributed by atoms with van der Waals surface area (Å²) in [7, 11) is 0. The highest BCUT2D eigenvalue weighted by molar-refractivity contribution is 5.86. The standard InChI is InChI=1S/C26H35N9O/c27-21(36)7-3-4-12-29-25-32-23(22-24(33-25)35(17-30-22)20-5-1-2-6-20)31-18-8-10-19(11-9-18)34-15-26(16-34)13-28-14-26/h8-11,17,20,28H,1-7,12-16H2,(H2,27,36)(H2,29,31,32,33). The Hall–Kier alpha value is -3.40. The molecule has 1 amide bonds. The van der Waals surface area contributed by atoms with E-state index in [-0.39, 0.29) is 5.91 Å². The van der Waals surface area contributed by atoms with Gasteiger partial charge in [0.15, 0.2) is 17.0 Å². The van der Waals surface area contributed by atoms with Crippen molar-refractivity contribution in [1.82, 2.24) is 24.8 Å². The van der Waals surface area contributed by atoms with E-state index in [4.69, 9.17) is 20.7 Å². The number of hydrogen-bond donors (Lipinski definition) is 4. The van der Waals surface area contributed by atoms with Crippen molar-refractivity contribution in [3.05, 3.63) is 30.6 Å². The summed E-state index contributed by atoms with van der Waals surface area (Å²) < 4.78 is 2.21. The predicted molar refractivity (Wildman–Crippen MR) is 142 cm³/mol. The molecule has 10 heteroatoms. The van der Waals surface area contributed by atoms with Crippen LogP contribution < -0.4 is 26.6 Å². The summed E-state index contributed by atoms with van der Waals surface area (Å²) in [5, 5.41) is 10.2. The summed E-state index contributed by atoms with van der Waals surface area (Å²) in [5.41, 5.74) is 9.64. The molecule has 3 fully saturated rings. The molecule has 3 aromatic rings. The Kier molecular flexibility index (Phi) is 6.12. The van der Waals surface area contributed by atoms with Crippen molar-refractivity contribution < 1.29 is 4.79 Å². The molecule has 1 aromatic carbocycles. The van der Waals surface area contributed by atoms with E-state index in [0.717, 1.165) is 68.7 Å². The minimum Gasteiger partial charge on any atom is -0.370 e. The first-order valence-corrected chi connectivity index (χ1v) is 13.2. The molecule has 10 nitrogen and oxygen atoms in total. The van der Waals surface area contributed by atoms with E-state index in [9.17, 15) is 4.79 Å². The number of nitrogens with one attached hydrogen (secondary N) is 3. The van der Waals surface area contributed by atoms with E-state index in [0.29, 0.717) is 36.2 Å². The predicted octanol–water partition coefficient (Wildman–Crippen LogP) is 3.16. The van der Waals surface area contributed by atoms with Crippen molar-refractivity contribution in [2.75, 3.05) is 48.3 Å². The van der Waals surface area contributed by atoms with Gasteiger partial charge in [0, 0.05) is 62.0 Å². The van der Waals surface area contributed by atoms with Crippen molar-refractivity contribution in [3.63, 3.8) is 0 Å². The van der Waals surface area contributed by atoms with E-state index in [1.165, 1.54) is 18.5 Å². The van der Waals surface area contributed by atoms with E-state index in [1.54, 1.807) is 0 Å². The molecule has 190 valence electrons. The third-order valence-corrected chi connectivity index (χ3v) is 7.82. The summed E-state index contributed by atoms with van der Waals surface area (Å²) in [5.74, 6) is 1.01. The fourth-order valence-electron chi connectivity index (χ4n) is 5.70. The van der Waals surface area contributed by atoms with Gasteiger partial charge in [-0.25, -0.2) is 4.98 Å². The average Bonchev–Trinajstić information content (AvgIpc) is 3.48. The molecule has 0 unspecified atom stereocenters. The van der Waals surface area contributed by atoms with E-state index >= 15 is 0 Å². The fraction of sp³-hybridized carbons (Fsp3) is 0.538. The molecule has 2 aromatic heterocycles. The molecule has 3 aliphatic rings. The number of rotatable bonds is 10. The lowest BCUT2D eigenvalue weighted by atomic mass is 9.74. The Labute approximate surface area is 211 Å². The summed E-state index contributed by atoms with van der Waals surface area (Å²) in [6.45, 7) is 5.22. The van der Waals surface area contributed by atoms with Gasteiger partial charge in [0.25, 0.3) is 0 Å². The number of hydrogen-bond acceptors (Lipinski definition) is 8. The number of amides is 1. The summed E-state index contributed by atoms with van der Waals surface area (Å²) in [4.78, 5) is 27.8. The van der Waals surface area contributed by atoms with Crippen LogP contribution in [-0.4, -0.2) is 58.1 Å². The number of anilines is 4. The van der Waals surface area contributed by atoms with Crippen molar-refractivity contribution in [1.29, 1.82) is 0 Å². The summed E-state index contributed by atoms with van der Waals surface area (Å²) in [6.07, 6.45) is 8.68. The number of imidazole rings is 1. The zero-order valence-electron chi connectivity index (χ0n) is 20.7. The van der Waals surface area contributed by atoms with Crippen LogP contribution in [0.5, 0.6) is 0 Å². The lowest BCUT2D eigenvalue weighted by molar-refractivity contribution is -0.118. The van der Waals surface area contributed by atoms with Gasteiger partial charge in [-0.15, -0.1) is 0 Å². The largest absolute Gasteiger partial charge is 0.370 e. The molecule has 5 N–H and O–H groups in total. The first-order valence-electron chi connectivity index (χ1n) is 13.2. The van der Waals surface area contributed by atoms with Crippen LogP contribution in [0.3, 0.4) is 0 Å². The number of unbranched alkanes of at least 4 members (excludes halogenated alkanes) is 1. The van der Waals surface area contributed by atoms with Gasteiger partial charge in [-0.3, -0.25) is 4.79 Å². The average molecular weight is 490 g/mol. The number of nitrogens with two attached hydrogens (primary N) is 1. The van der Waals surface area contributed by atoms with Gasteiger partial charge in [0.1, 0.15) is 0 Å². The minimum absolute atomic E-state index is 0.265. The Morgan fingerprint density at radius 3 is 2.58 bits per heavy atom. The van der Waals surface area contributed by atoms with Crippen LogP contribution in [0.4, 0.5) is 23.1 Å². The number of carbonyl (C=O) groups is 1. The van der Waals surface area contributed by atoms with E-state index < -0.39 is 0 Å². The van der Waals surface area contributed by atoms with Crippen LogP contribution in [0.15, 0.2) is 30.6 Å². The SMILES string of the molecule is NC(=O)CCCCNc1nc(Nc2ccc(N3CC4(CNC4)C3)cc2)c2ncn(C3CCCC3)c2n1. The summed E-state index contributed by atoms with van der Waals surface area (Å²) in [6, 6.07) is 9.01. The lowest BCUT2D eigenvalue weighted by Crippen LogP contribution is -2.71. The van der Waals surface area contributed by atoms with Gasteiger partial charge >= 0.3 is 0 Å². The highest BCUT2D eigenvalue weighted by Crippen LogP contribution is 2.38. The maximum absolute atomic E-state index is 11.0. The molecule has 1 aliphatic carbocycles. The number of nitrogens with zero attached hydrogens (tertiary/aromatic N) is 5. The number of benzene rings is 1. The van der Waals surface area contributed by atoms with E-state index in [2.05, 4.69) is 49.7 Å². The lowest BCUT2D eigenvalue weighted by Gasteiger charge is -2.57. The van der Waals surface area contributed by atoms with Crippen molar-refractivity contribution >= 4 is 40.2 Å². The molecule has 4 heterocycles. The molecule has 1 saturated carbocycles. The Morgan fingerprint density at radius 2 is 1.89 bits per heavy atom. The Bertz CT molecular complexity index is 1220. The van der Waals surface area contributed by atoms with Gasteiger partial charge in [0.05, 0.1) is 6.33 Å². The van der Waals surface area contributed by atoms with Crippen molar-refractivity contribution in [3.8, 4) is 0 Å². The number of fused-ring (bicyclic) bond motifs is 1. The molecule has 2 saturated heterocycles. The van der Waals surface area contributed by atoms with Crippen LogP contribution in [0, 0.1) is 5.41 Å². The Balaban J connectivity index is 1.20. The number of aromatic nitrogens is 4. The normalized spacial score (nSPS) is 18.8. The zero-order valence-corrected chi connectivity index (χ0v) is 20.7. The third kappa shape index (κ3) is 4.57. The van der Waals surface area contributed by atoms with Gasteiger partial charge in [0.2, 0.25) is 11.9 Å². The van der Waals surface area contributed by atoms with Crippen LogP contribution in [0.2, 0.25) is 0 Å². The third-order valence-electron chi connectivity index (χ3n) is 7.82. The van der Waals surface area contributed by atoms with Crippen LogP contribution in [0.25, 0.3) is 11.2 Å². The van der Waals surface area contributed by atoms with Crippen molar-refractivity contribution in [2.24, 2.45) is 11.1 Å². The molecular formula is C26H35N9O. The zero-order chi connectivity index (χ0) is 24.5. The van der Waals surface area contributed by atoms with E-state index in [1.807, 2.05) is 6.33 Å². The Morgan fingerprint density at radius 1 is 1.11 bits per heavy atom. The number of primary amides is 1. The second kappa shape index (κ2) is 9.57. The molecule has 36 heavy (non-hydrogen) atoms. The highest BCUT2D eigenvalue weighted by atomic mass is 16.1. The van der Waals surface area contributed by atoms with Gasteiger partial charge < -0.3 is 31.2 Å². The topological polar surface area (TPSA) is 126 Å². The van der Waals surface area contributed by atoms with Crippen LogP contribution in [-0.2, 0) is 4.79 Å². The maximum Gasteiger partial charge on any atom is 0.226 e. The summed E-state index contributed by atoms with van der Waals surface area (Å²) >= 11 is 0. The second-order valence-electron chi connectivity index (χ2n) is 10.6. The van der Waals surface area contributed by atoms with Crippen LogP contribution in [0.1, 0.15) is 51.0 Å². The highest BCUT2D eigenvalue weighted by Gasteiger charge is 2.47. The second-order valence-corrected chi connectivity index (χ2v) is 10.6. The molecule has 0 atom stereocenters. The molecule has 2 aliphatic heterocycles. The monoisotopic (exact) mass is 489 g/mol. The van der Waals surface area contributed by atoms with Gasteiger partial charge in [-0.05, 0) is 49.9 Å². The fourth-order valence-corrected chi connectivity index (χ4v) is 5.70. The first kappa shape index (κ1) is 23.0. The quantitative estimate of drug-likeness (QED) is 0.320. The number of carbonyl (C=O) groups excluding carboxylic acids is 1. The first-order chi connectivity index (χ1) is 17.6. The molecule has 0 radical (unpaired) electrons. The smallest absolute Gasteiger partial charge is 0.226 e. The molecule has 1 spiro atoms. The molecule has 0 bridgehead atoms. The van der Waals surface area contributed by atoms with Crippen molar-refractivity contribution in [2.45, 2.75) is 51.0 Å².